The maximum absolute atomic E-state index is 11.6. The third kappa shape index (κ3) is 5.05. The average Bonchev–Trinajstić information content (AvgIpc) is 2.36. The molecule has 1 aromatic carbocycles. The van der Waals surface area contributed by atoms with Crippen LogP contribution in [-0.2, 0) is 9.59 Å². The monoisotopic (exact) mass is 279 g/mol. The summed E-state index contributed by atoms with van der Waals surface area (Å²) in [5.74, 6) is -1.15. The lowest BCUT2D eigenvalue weighted by Gasteiger charge is -2.09. The highest BCUT2D eigenvalue weighted by atomic mass is 32.1. The molecule has 0 aromatic heterocycles. The molecule has 1 aromatic rings. The Labute approximate surface area is 117 Å². The predicted octanol–water partition coefficient (Wildman–Crippen LogP) is 1.15. The Hall–Kier alpha value is -1.95. The van der Waals surface area contributed by atoms with Crippen molar-refractivity contribution in [1.82, 2.24) is 5.32 Å². The van der Waals surface area contributed by atoms with Gasteiger partial charge in [-0.05, 0) is 23.6 Å². The molecule has 0 heterocycles. The number of thiocarbonyl (C=S) groups is 1. The van der Waals surface area contributed by atoms with Gasteiger partial charge in [0.25, 0.3) is 0 Å². The zero-order valence-electron chi connectivity index (χ0n) is 10.9. The zero-order valence-corrected chi connectivity index (χ0v) is 11.7. The summed E-state index contributed by atoms with van der Waals surface area (Å²) in [6.45, 7) is 4.11. The minimum atomic E-state index is -0.761. The summed E-state index contributed by atoms with van der Waals surface area (Å²) in [6.07, 6.45) is 0. The fourth-order valence-corrected chi connectivity index (χ4v) is 1.48. The van der Waals surface area contributed by atoms with Crippen molar-refractivity contribution in [3.05, 3.63) is 29.8 Å². The molecule has 0 aliphatic heterocycles. The van der Waals surface area contributed by atoms with Gasteiger partial charge >= 0.3 is 11.8 Å². The molecular weight excluding hydrogens is 262 g/mol. The summed E-state index contributed by atoms with van der Waals surface area (Å²) in [5, 5.41) is 4.85. The topological polar surface area (TPSA) is 84.2 Å². The van der Waals surface area contributed by atoms with Crippen LogP contribution in [0.5, 0.6) is 0 Å². The largest absolute Gasteiger partial charge is 0.392 e. The standard InChI is InChI=1S/C13H17N3O2S/c1-8(2)9-4-3-5-10(6-9)16-13(18)12(17)15-7-11(14)19/h3-6,8H,7H2,1-2H3,(H2,14,19)(H,15,17)(H,16,18). The molecule has 0 spiro atoms. The van der Waals surface area contributed by atoms with Gasteiger partial charge in [-0.25, -0.2) is 0 Å². The van der Waals surface area contributed by atoms with E-state index in [1.54, 1.807) is 6.07 Å². The minimum Gasteiger partial charge on any atom is -0.392 e. The molecule has 0 saturated carbocycles. The summed E-state index contributed by atoms with van der Waals surface area (Å²) >= 11 is 4.61. The Bertz CT molecular complexity index is 500. The van der Waals surface area contributed by atoms with Gasteiger partial charge in [-0.1, -0.05) is 38.2 Å². The molecule has 0 fully saturated rings. The number of hydrogen-bond donors (Lipinski definition) is 3. The van der Waals surface area contributed by atoms with E-state index in [2.05, 4.69) is 36.7 Å². The summed E-state index contributed by atoms with van der Waals surface area (Å²) in [7, 11) is 0. The second kappa shape index (κ2) is 6.84. The van der Waals surface area contributed by atoms with Crippen LogP contribution in [0, 0.1) is 0 Å². The molecule has 4 N–H and O–H groups in total. The minimum absolute atomic E-state index is 0.00756. The first-order valence-electron chi connectivity index (χ1n) is 5.87. The molecule has 2 amide bonds. The van der Waals surface area contributed by atoms with E-state index in [1.165, 1.54) is 0 Å². The normalized spacial score (nSPS) is 10.1. The fourth-order valence-electron chi connectivity index (χ4n) is 1.41. The maximum atomic E-state index is 11.6. The number of nitrogens with two attached hydrogens (primary N) is 1. The lowest BCUT2D eigenvalue weighted by Crippen LogP contribution is -2.39. The number of carbonyl (C=O) groups excluding carboxylic acids is 2. The molecule has 0 aliphatic carbocycles. The highest BCUT2D eigenvalue weighted by Gasteiger charge is 2.13. The van der Waals surface area contributed by atoms with Gasteiger partial charge in [0.05, 0.1) is 11.5 Å². The highest BCUT2D eigenvalue weighted by molar-refractivity contribution is 7.80. The summed E-state index contributed by atoms with van der Waals surface area (Å²) < 4.78 is 0. The molecule has 1 rings (SSSR count). The van der Waals surface area contributed by atoms with Crippen molar-refractivity contribution < 1.29 is 9.59 Å². The molecule has 0 radical (unpaired) electrons. The molecule has 0 aliphatic rings. The van der Waals surface area contributed by atoms with Gasteiger partial charge in [-0.15, -0.1) is 0 Å². The molecule has 19 heavy (non-hydrogen) atoms. The second-order valence-electron chi connectivity index (χ2n) is 4.38. The van der Waals surface area contributed by atoms with Gasteiger partial charge in [-0.3, -0.25) is 9.59 Å². The first-order valence-corrected chi connectivity index (χ1v) is 6.28. The van der Waals surface area contributed by atoms with Crippen LogP contribution in [-0.4, -0.2) is 23.3 Å². The van der Waals surface area contributed by atoms with Gasteiger partial charge < -0.3 is 16.4 Å². The van der Waals surface area contributed by atoms with Crippen molar-refractivity contribution in [3.8, 4) is 0 Å². The van der Waals surface area contributed by atoms with Crippen molar-refractivity contribution >= 4 is 34.7 Å². The smallest absolute Gasteiger partial charge is 0.313 e. The van der Waals surface area contributed by atoms with Crippen molar-refractivity contribution in [3.63, 3.8) is 0 Å². The van der Waals surface area contributed by atoms with Crippen LogP contribution in [0.4, 0.5) is 5.69 Å². The Kier molecular flexibility index (Phi) is 5.44. The fraction of sp³-hybridized carbons (Fsp3) is 0.308. The van der Waals surface area contributed by atoms with E-state index in [0.717, 1.165) is 5.56 Å². The van der Waals surface area contributed by atoms with Crippen LogP contribution in [0.1, 0.15) is 25.3 Å². The highest BCUT2D eigenvalue weighted by Crippen LogP contribution is 2.18. The van der Waals surface area contributed by atoms with Crippen LogP contribution in [0.3, 0.4) is 0 Å². The molecule has 0 unspecified atom stereocenters. The number of amides is 2. The summed E-state index contributed by atoms with van der Waals surface area (Å²) in [5.41, 5.74) is 6.90. The van der Waals surface area contributed by atoms with E-state index in [0.29, 0.717) is 11.6 Å². The Morgan fingerprint density at radius 3 is 2.58 bits per heavy atom. The lowest BCUT2D eigenvalue weighted by molar-refractivity contribution is -0.135. The van der Waals surface area contributed by atoms with Crippen molar-refractivity contribution in [2.45, 2.75) is 19.8 Å². The van der Waals surface area contributed by atoms with Gasteiger partial charge in [0.15, 0.2) is 0 Å². The SMILES string of the molecule is CC(C)c1cccc(NC(=O)C(=O)NCC(N)=S)c1. The number of hydrogen-bond acceptors (Lipinski definition) is 3. The number of nitrogens with one attached hydrogen (secondary N) is 2. The predicted molar refractivity (Wildman–Crippen MR) is 79.0 cm³/mol. The molecule has 0 bridgehead atoms. The molecule has 6 heteroatoms. The molecule has 0 saturated heterocycles. The van der Waals surface area contributed by atoms with Gasteiger partial charge in [0.1, 0.15) is 0 Å². The van der Waals surface area contributed by atoms with Gasteiger partial charge in [-0.2, -0.15) is 0 Å². The maximum Gasteiger partial charge on any atom is 0.313 e. The van der Waals surface area contributed by atoms with Gasteiger partial charge in [0, 0.05) is 5.69 Å². The zero-order chi connectivity index (χ0) is 14.4. The number of benzene rings is 1. The summed E-state index contributed by atoms with van der Waals surface area (Å²) in [6, 6.07) is 7.36. The quantitative estimate of drug-likeness (QED) is 0.570. The van der Waals surface area contributed by atoms with E-state index in [4.69, 9.17) is 5.73 Å². The van der Waals surface area contributed by atoms with Crippen LogP contribution in [0.15, 0.2) is 24.3 Å². The first-order chi connectivity index (χ1) is 8.90. The van der Waals surface area contributed by atoms with E-state index < -0.39 is 11.8 Å². The Morgan fingerprint density at radius 2 is 2.00 bits per heavy atom. The molecule has 0 atom stereocenters. The molecule has 102 valence electrons. The van der Waals surface area contributed by atoms with E-state index >= 15 is 0 Å². The third-order valence-electron chi connectivity index (χ3n) is 2.44. The van der Waals surface area contributed by atoms with Crippen molar-refractivity contribution in [2.75, 3.05) is 11.9 Å². The number of rotatable bonds is 4. The summed E-state index contributed by atoms with van der Waals surface area (Å²) in [4.78, 5) is 23.2. The lowest BCUT2D eigenvalue weighted by atomic mass is 10.0. The van der Waals surface area contributed by atoms with E-state index in [-0.39, 0.29) is 11.5 Å². The second-order valence-corrected chi connectivity index (χ2v) is 4.91. The van der Waals surface area contributed by atoms with Crippen molar-refractivity contribution in [1.29, 1.82) is 0 Å². The molecular formula is C13H17N3O2S. The third-order valence-corrected chi connectivity index (χ3v) is 2.58. The van der Waals surface area contributed by atoms with Crippen molar-refractivity contribution in [2.24, 2.45) is 5.73 Å². The Balaban J connectivity index is 2.63. The van der Waals surface area contributed by atoms with Crippen LogP contribution in [0.25, 0.3) is 0 Å². The van der Waals surface area contributed by atoms with Gasteiger partial charge in [0.2, 0.25) is 0 Å². The average molecular weight is 279 g/mol. The number of anilines is 1. The van der Waals surface area contributed by atoms with E-state index in [1.807, 2.05) is 18.2 Å². The Morgan fingerprint density at radius 1 is 1.32 bits per heavy atom. The van der Waals surface area contributed by atoms with Crippen LogP contribution >= 0.6 is 12.2 Å². The van der Waals surface area contributed by atoms with Crippen LogP contribution in [0.2, 0.25) is 0 Å². The number of carbonyl (C=O) groups is 2. The molecule has 5 nitrogen and oxygen atoms in total. The van der Waals surface area contributed by atoms with E-state index in [9.17, 15) is 9.59 Å². The van der Waals surface area contributed by atoms with Crippen LogP contribution < -0.4 is 16.4 Å². The first kappa shape index (κ1) is 15.1.